The monoisotopic (exact) mass is 475 g/mol. The maximum atomic E-state index is 13.4. The van der Waals surface area contributed by atoms with E-state index >= 15 is 0 Å². The van der Waals surface area contributed by atoms with Gasteiger partial charge in [0.2, 0.25) is 5.88 Å². The molecule has 0 saturated carbocycles. The molecule has 2 amide bonds. The van der Waals surface area contributed by atoms with Gasteiger partial charge in [-0.15, -0.1) is 0 Å². The summed E-state index contributed by atoms with van der Waals surface area (Å²) in [5.41, 5.74) is 0.484. The highest BCUT2D eigenvalue weighted by molar-refractivity contribution is 6.32. The molecule has 10 heteroatoms. The fourth-order valence-corrected chi connectivity index (χ4v) is 3.29. The van der Waals surface area contributed by atoms with E-state index in [1.165, 1.54) is 48.7 Å². The Morgan fingerprint density at radius 1 is 1.15 bits per heavy atom. The standard InChI is InChI=1S/C23H20ClF2N3O4/c24-20-7-3-16(26)11-21(20)32-14-19-13-29(9-10-31-19)23(30)28-17-4-8-22(27-12-17)33-18-5-1-15(25)2-6-18/h1-8,11-12,19H,9-10,13-14H2,(H,28,30). The van der Waals surface area contributed by atoms with Gasteiger partial charge in [-0.2, -0.15) is 0 Å². The van der Waals surface area contributed by atoms with Crippen molar-refractivity contribution in [2.45, 2.75) is 6.10 Å². The molecule has 3 aromatic rings. The molecule has 0 spiro atoms. The summed E-state index contributed by atoms with van der Waals surface area (Å²) in [6.07, 6.45) is 1.07. The Kier molecular flexibility index (Phi) is 7.21. The highest BCUT2D eigenvalue weighted by atomic mass is 35.5. The third kappa shape index (κ3) is 6.30. The SMILES string of the molecule is O=C(Nc1ccc(Oc2ccc(F)cc2)nc1)N1CCOC(COc2cc(F)ccc2Cl)C1. The zero-order chi connectivity index (χ0) is 23.2. The summed E-state index contributed by atoms with van der Waals surface area (Å²) in [5, 5.41) is 3.07. The van der Waals surface area contributed by atoms with Crippen LogP contribution in [0.2, 0.25) is 5.02 Å². The van der Waals surface area contributed by atoms with Crippen molar-refractivity contribution < 1.29 is 27.8 Å². The second kappa shape index (κ2) is 10.5. The molecule has 1 aliphatic rings. The van der Waals surface area contributed by atoms with Crippen molar-refractivity contribution >= 4 is 23.3 Å². The highest BCUT2D eigenvalue weighted by Gasteiger charge is 2.25. The number of urea groups is 1. The Labute approximate surface area is 193 Å². The zero-order valence-corrected chi connectivity index (χ0v) is 18.1. The normalized spacial score (nSPS) is 15.7. The molecule has 4 rings (SSSR count). The quantitative estimate of drug-likeness (QED) is 0.536. The summed E-state index contributed by atoms with van der Waals surface area (Å²) in [7, 11) is 0. The molecular weight excluding hydrogens is 456 g/mol. The van der Waals surface area contributed by atoms with Crippen molar-refractivity contribution in [1.29, 1.82) is 0 Å². The molecule has 7 nitrogen and oxygen atoms in total. The van der Waals surface area contributed by atoms with Gasteiger partial charge < -0.3 is 24.4 Å². The molecule has 1 atom stereocenters. The summed E-state index contributed by atoms with van der Waals surface area (Å²) >= 11 is 6.01. The molecule has 1 saturated heterocycles. The number of benzene rings is 2. The molecule has 2 aromatic carbocycles. The minimum Gasteiger partial charge on any atom is -0.489 e. The fourth-order valence-electron chi connectivity index (χ4n) is 3.12. The molecule has 2 heterocycles. The third-order valence-electron chi connectivity index (χ3n) is 4.77. The van der Waals surface area contributed by atoms with Gasteiger partial charge in [-0.3, -0.25) is 0 Å². The number of amides is 2. The zero-order valence-electron chi connectivity index (χ0n) is 17.3. The van der Waals surface area contributed by atoms with E-state index in [1.807, 2.05) is 0 Å². The summed E-state index contributed by atoms with van der Waals surface area (Å²) in [6, 6.07) is 12.4. The van der Waals surface area contributed by atoms with E-state index < -0.39 is 11.9 Å². The number of carbonyl (C=O) groups excluding carboxylic acids is 1. The molecular formula is C23H20ClF2N3O4. The topological polar surface area (TPSA) is 72.9 Å². The number of ether oxygens (including phenoxy) is 3. The van der Waals surface area contributed by atoms with Crippen LogP contribution in [0.1, 0.15) is 0 Å². The predicted molar refractivity (Wildman–Crippen MR) is 118 cm³/mol. The van der Waals surface area contributed by atoms with Gasteiger partial charge in [0.1, 0.15) is 35.8 Å². The van der Waals surface area contributed by atoms with E-state index in [0.717, 1.165) is 0 Å². The Bertz CT molecular complexity index is 1100. The van der Waals surface area contributed by atoms with Gasteiger partial charge in [-0.1, -0.05) is 11.6 Å². The molecule has 1 unspecified atom stereocenters. The smallest absolute Gasteiger partial charge is 0.322 e. The van der Waals surface area contributed by atoms with Crippen molar-refractivity contribution in [3.05, 3.63) is 77.5 Å². The first-order valence-electron chi connectivity index (χ1n) is 10.1. The van der Waals surface area contributed by atoms with Gasteiger partial charge in [0.15, 0.2) is 0 Å². The average Bonchev–Trinajstić information content (AvgIpc) is 2.82. The molecule has 33 heavy (non-hydrogen) atoms. The number of halogens is 3. The second-order valence-electron chi connectivity index (χ2n) is 7.20. The molecule has 0 bridgehead atoms. The van der Waals surface area contributed by atoms with Crippen LogP contribution in [-0.2, 0) is 4.74 Å². The summed E-state index contributed by atoms with van der Waals surface area (Å²) in [5.74, 6) is 0.155. The minimum absolute atomic E-state index is 0.115. The molecule has 0 aliphatic carbocycles. The predicted octanol–water partition coefficient (Wildman–Crippen LogP) is 5.12. The molecule has 172 valence electrons. The van der Waals surface area contributed by atoms with E-state index in [2.05, 4.69) is 10.3 Å². The van der Waals surface area contributed by atoms with Crippen LogP contribution in [0.3, 0.4) is 0 Å². The van der Waals surface area contributed by atoms with Crippen LogP contribution in [0.4, 0.5) is 19.3 Å². The van der Waals surface area contributed by atoms with Crippen molar-refractivity contribution in [2.75, 3.05) is 31.6 Å². The largest absolute Gasteiger partial charge is 0.489 e. The van der Waals surface area contributed by atoms with Crippen molar-refractivity contribution in [3.8, 4) is 17.4 Å². The number of hydrogen-bond donors (Lipinski definition) is 1. The molecule has 0 radical (unpaired) electrons. The number of carbonyl (C=O) groups is 1. The lowest BCUT2D eigenvalue weighted by atomic mass is 10.3. The number of pyridine rings is 1. The molecule has 1 fully saturated rings. The van der Waals surface area contributed by atoms with Crippen molar-refractivity contribution in [2.24, 2.45) is 0 Å². The number of morpholine rings is 1. The van der Waals surface area contributed by atoms with Gasteiger partial charge in [-0.05, 0) is 42.5 Å². The maximum absolute atomic E-state index is 13.4. The van der Waals surface area contributed by atoms with Crippen LogP contribution in [0, 0.1) is 11.6 Å². The first-order chi connectivity index (χ1) is 16.0. The fraction of sp³-hybridized carbons (Fsp3) is 0.217. The number of anilines is 1. The molecule has 1 aromatic heterocycles. The number of rotatable bonds is 6. The Morgan fingerprint density at radius 2 is 1.94 bits per heavy atom. The van der Waals surface area contributed by atoms with E-state index in [4.69, 9.17) is 25.8 Å². The van der Waals surface area contributed by atoms with Crippen LogP contribution < -0.4 is 14.8 Å². The summed E-state index contributed by atoms with van der Waals surface area (Å²) in [6.45, 7) is 1.14. The Hall–Kier alpha value is -3.43. The Balaban J connectivity index is 1.28. The number of nitrogens with zero attached hydrogens (tertiary/aromatic N) is 2. The lowest BCUT2D eigenvalue weighted by molar-refractivity contribution is -0.0337. The van der Waals surface area contributed by atoms with Gasteiger partial charge in [0, 0.05) is 18.7 Å². The molecule has 1 aliphatic heterocycles. The second-order valence-corrected chi connectivity index (χ2v) is 7.60. The Morgan fingerprint density at radius 3 is 2.70 bits per heavy atom. The van der Waals surface area contributed by atoms with E-state index in [0.29, 0.717) is 35.5 Å². The third-order valence-corrected chi connectivity index (χ3v) is 5.08. The van der Waals surface area contributed by atoms with Crippen LogP contribution >= 0.6 is 11.6 Å². The number of hydrogen-bond acceptors (Lipinski definition) is 5. The van der Waals surface area contributed by atoms with Crippen LogP contribution in [0.15, 0.2) is 60.8 Å². The van der Waals surface area contributed by atoms with Crippen molar-refractivity contribution in [3.63, 3.8) is 0 Å². The van der Waals surface area contributed by atoms with Gasteiger partial charge in [-0.25, -0.2) is 18.6 Å². The highest BCUT2D eigenvalue weighted by Crippen LogP contribution is 2.25. The maximum Gasteiger partial charge on any atom is 0.322 e. The first kappa shape index (κ1) is 22.8. The van der Waals surface area contributed by atoms with E-state index in [9.17, 15) is 13.6 Å². The van der Waals surface area contributed by atoms with E-state index in [-0.39, 0.29) is 30.7 Å². The van der Waals surface area contributed by atoms with Gasteiger partial charge >= 0.3 is 6.03 Å². The van der Waals surface area contributed by atoms with Crippen LogP contribution in [0.5, 0.6) is 17.4 Å². The van der Waals surface area contributed by atoms with Crippen LogP contribution in [-0.4, -0.2) is 48.3 Å². The van der Waals surface area contributed by atoms with Gasteiger partial charge in [0.05, 0.1) is 30.1 Å². The summed E-state index contributed by atoms with van der Waals surface area (Å²) in [4.78, 5) is 18.4. The minimum atomic E-state index is -0.456. The van der Waals surface area contributed by atoms with Crippen molar-refractivity contribution in [1.82, 2.24) is 9.88 Å². The summed E-state index contributed by atoms with van der Waals surface area (Å²) < 4.78 is 43.1. The molecule has 1 N–H and O–H groups in total. The first-order valence-corrected chi connectivity index (χ1v) is 10.5. The van der Waals surface area contributed by atoms with Gasteiger partial charge in [0.25, 0.3) is 0 Å². The van der Waals surface area contributed by atoms with Crippen LogP contribution in [0.25, 0.3) is 0 Å². The number of aromatic nitrogens is 1. The lowest BCUT2D eigenvalue weighted by Crippen LogP contribution is -2.49. The van der Waals surface area contributed by atoms with E-state index in [1.54, 1.807) is 17.0 Å². The number of nitrogens with one attached hydrogen (secondary N) is 1. The average molecular weight is 476 g/mol. The lowest BCUT2D eigenvalue weighted by Gasteiger charge is -2.32.